The van der Waals surface area contributed by atoms with Crippen LogP contribution in [-0.2, 0) is 9.53 Å². The van der Waals surface area contributed by atoms with Gasteiger partial charge in [-0.15, -0.1) is 0 Å². The van der Waals surface area contributed by atoms with Gasteiger partial charge < -0.3 is 15.0 Å². The molecule has 15 heavy (non-hydrogen) atoms. The van der Waals surface area contributed by atoms with Gasteiger partial charge in [0, 0.05) is 6.54 Å². The minimum atomic E-state index is -0.315. The smallest absolute Gasteiger partial charge is 0.332 e. The maximum Gasteiger partial charge on any atom is 0.332 e. The molecule has 2 aliphatic rings. The van der Waals surface area contributed by atoms with Crippen molar-refractivity contribution in [3.63, 3.8) is 0 Å². The molecule has 2 aliphatic heterocycles. The third-order valence-corrected chi connectivity index (χ3v) is 3.17. The quantitative estimate of drug-likeness (QED) is 0.462. The molecule has 2 rings (SSSR count). The number of rotatable bonds is 2. The summed E-state index contributed by atoms with van der Waals surface area (Å²) < 4.78 is 5.03. The van der Waals surface area contributed by atoms with E-state index in [9.17, 15) is 4.79 Å². The predicted octanol–water partition coefficient (Wildman–Crippen LogP) is 0.956. The van der Waals surface area contributed by atoms with E-state index >= 15 is 0 Å². The van der Waals surface area contributed by atoms with Crippen LogP contribution in [0.5, 0.6) is 0 Å². The van der Waals surface area contributed by atoms with Crippen LogP contribution < -0.4 is 5.32 Å². The van der Waals surface area contributed by atoms with Crippen molar-refractivity contribution < 1.29 is 9.53 Å². The number of esters is 1. The highest BCUT2D eigenvalue weighted by Crippen LogP contribution is 2.26. The number of carbonyl (C=O) groups excluding carboxylic acids is 1. The Morgan fingerprint density at radius 1 is 1.80 bits per heavy atom. The van der Waals surface area contributed by atoms with Crippen LogP contribution in [0.4, 0.5) is 0 Å². The Balaban J connectivity index is 2.16. The van der Waals surface area contributed by atoms with Crippen LogP contribution in [-0.4, -0.2) is 35.0 Å². The third kappa shape index (κ3) is 1.88. The van der Waals surface area contributed by atoms with Gasteiger partial charge in [-0.05, 0) is 13.0 Å². The molecule has 0 amide bonds. The molecule has 1 fully saturated rings. The number of hydrogen-bond acceptors (Lipinski definition) is 4. The Hall–Kier alpha value is -0.970. The van der Waals surface area contributed by atoms with Crippen molar-refractivity contribution in [1.82, 2.24) is 10.2 Å². The van der Waals surface area contributed by atoms with Crippen LogP contribution in [0.25, 0.3) is 0 Å². The molecule has 0 aromatic heterocycles. The zero-order chi connectivity index (χ0) is 10.8. The van der Waals surface area contributed by atoms with Crippen LogP contribution in [0.3, 0.4) is 0 Å². The molecule has 0 spiro atoms. The molecule has 2 atom stereocenters. The average molecular weight is 273 g/mol. The van der Waals surface area contributed by atoms with Gasteiger partial charge in [0.2, 0.25) is 0 Å². The lowest BCUT2D eigenvalue weighted by atomic mass is 10.2. The number of fused-ring (bicyclic) bond motifs is 1. The van der Waals surface area contributed by atoms with Gasteiger partial charge in [0.05, 0.1) is 6.61 Å². The van der Waals surface area contributed by atoms with Gasteiger partial charge in [-0.3, -0.25) is 0 Å². The van der Waals surface area contributed by atoms with Gasteiger partial charge in [0.1, 0.15) is 16.8 Å². The average Bonchev–Trinajstić information content (AvgIpc) is 2.61. The molecule has 0 bridgehead atoms. The Labute approximate surface area is 97.1 Å². The first kappa shape index (κ1) is 10.5. The first-order chi connectivity index (χ1) is 7.24. The van der Waals surface area contributed by atoms with Crippen molar-refractivity contribution in [3.8, 4) is 0 Å². The third-order valence-electron chi connectivity index (χ3n) is 2.41. The highest BCUT2D eigenvalue weighted by Gasteiger charge is 2.36. The fourth-order valence-corrected chi connectivity index (χ4v) is 2.40. The summed E-state index contributed by atoms with van der Waals surface area (Å²) in [6.45, 7) is 3.02. The minimum absolute atomic E-state index is 0.142. The number of alkyl halides is 1. The van der Waals surface area contributed by atoms with Gasteiger partial charge in [-0.1, -0.05) is 28.1 Å². The van der Waals surface area contributed by atoms with E-state index in [1.54, 1.807) is 0 Å². The number of ether oxygens (including phenoxy) is 1. The Kier molecular flexibility index (Phi) is 3.00. The SMILES string of the molecule is CCOC(=O)[C@H]1C=CC=C2NC[C@@H](Br)N21. The van der Waals surface area contributed by atoms with E-state index in [0.717, 1.165) is 12.4 Å². The summed E-state index contributed by atoms with van der Waals surface area (Å²) in [5.41, 5.74) is 0. The van der Waals surface area contributed by atoms with Crippen molar-refractivity contribution in [2.24, 2.45) is 0 Å². The van der Waals surface area contributed by atoms with Gasteiger partial charge in [0.15, 0.2) is 0 Å². The molecular weight excluding hydrogens is 260 g/mol. The van der Waals surface area contributed by atoms with Crippen molar-refractivity contribution >= 4 is 21.9 Å². The Morgan fingerprint density at radius 2 is 2.60 bits per heavy atom. The number of carbonyl (C=O) groups is 1. The molecule has 0 unspecified atom stereocenters. The van der Waals surface area contributed by atoms with Gasteiger partial charge in [0.25, 0.3) is 0 Å². The summed E-state index contributed by atoms with van der Waals surface area (Å²) in [6, 6.07) is -0.315. The van der Waals surface area contributed by atoms with E-state index < -0.39 is 0 Å². The zero-order valence-corrected chi connectivity index (χ0v) is 10.0. The van der Waals surface area contributed by atoms with Crippen LogP contribution in [0.15, 0.2) is 24.0 Å². The molecule has 82 valence electrons. The summed E-state index contributed by atoms with van der Waals surface area (Å²) in [4.78, 5) is 13.8. The highest BCUT2D eigenvalue weighted by molar-refractivity contribution is 9.09. The number of nitrogens with one attached hydrogen (secondary N) is 1. The number of nitrogens with zero attached hydrogens (tertiary/aromatic N) is 1. The van der Waals surface area contributed by atoms with E-state index in [1.165, 1.54) is 0 Å². The molecule has 0 saturated carbocycles. The van der Waals surface area contributed by atoms with E-state index in [4.69, 9.17) is 4.74 Å². The van der Waals surface area contributed by atoms with Gasteiger partial charge in [-0.25, -0.2) is 4.79 Å². The largest absolute Gasteiger partial charge is 0.464 e. The molecule has 0 radical (unpaired) electrons. The highest BCUT2D eigenvalue weighted by atomic mass is 79.9. The van der Waals surface area contributed by atoms with E-state index in [0.29, 0.717) is 6.61 Å². The number of allylic oxidation sites excluding steroid dienone is 2. The van der Waals surface area contributed by atoms with Gasteiger partial charge in [-0.2, -0.15) is 0 Å². The summed E-state index contributed by atoms with van der Waals surface area (Å²) in [6.07, 6.45) is 5.69. The minimum Gasteiger partial charge on any atom is -0.464 e. The lowest BCUT2D eigenvalue weighted by molar-refractivity contribution is -0.146. The normalized spacial score (nSPS) is 28.1. The fraction of sp³-hybridized carbons (Fsp3) is 0.500. The van der Waals surface area contributed by atoms with Gasteiger partial charge >= 0.3 is 5.97 Å². The zero-order valence-electron chi connectivity index (χ0n) is 8.44. The Morgan fingerprint density at radius 3 is 3.33 bits per heavy atom. The molecule has 0 aromatic rings. The molecule has 5 heteroatoms. The second kappa shape index (κ2) is 4.26. The lowest BCUT2D eigenvalue weighted by Gasteiger charge is -2.30. The van der Waals surface area contributed by atoms with Crippen LogP contribution in [0, 0.1) is 0 Å². The maximum absolute atomic E-state index is 11.7. The van der Waals surface area contributed by atoms with Crippen LogP contribution in [0.2, 0.25) is 0 Å². The topological polar surface area (TPSA) is 41.6 Å². The monoisotopic (exact) mass is 272 g/mol. The van der Waals surface area contributed by atoms with Crippen LogP contribution in [0.1, 0.15) is 6.92 Å². The number of halogens is 1. The summed E-state index contributed by atoms with van der Waals surface area (Å²) in [5, 5.41) is 3.22. The summed E-state index contributed by atoms with van der Waals surface area (Å²) in [5.74, 6) is 0.768. The first-order valence-electron chi connectivity index (χ1n) is 4.95. The molecule has 1 saturated heterocycles. The molecular formula is C10H13BrN2O2. The predicted molar refractivity (Wildman–Crippen MR) is 60.2 cm³/mol. The van der Waals surface area contributed by atoms with E-state index in [-0.39, 0.29) is 17.0 Å². The number of hydrogen-bond donors (Lipinski definition) is 1. The second-order valence-corrected chi connectivity index (χ2v) is 4.41. The molecule has 4 nitrogen and oxygen atoms in total. The summed E-state index contributed by atoms with van der Waals surface area (Å²) >= 11 is 3.52. The van der Waals surface area contributed by atoms with Crippen molar-refractivity contribution in [2.75, 3.05) is 13.2 Å². The second-order valence-electron chi connectivity index (χ2n) is 3.36. The lowest BCUT2D eigenvalue weighted by Crippen LogP contribution is -2.42. The Bertz CT molecular complexity index is 327. The van der Waals surface area contributed by atoms with Crippen molar-refractivity contribution in [3.05, 3.63) is 24.0 Å². The fourth-order valence-electron chi connectivity index (χ4n) is 1.76. The van der Waals surface area contributed by atoms with Crippen molar-refractivity contribution in [2.45, 2.75) is 17.9 Å². The molecule has 1 N–H and O–H groups in total. The van der Waals surface area contributed by atoms with Crippen molar-refractivity contribution in [1.29, 1.82) is 0 Å². The van der Waals surface area contributed by atoms with E-state index in [2.05, 4.69) is 21.2 Å². The standard InChI is InChI=1S/C10H13BrN2O2/c1-2-15-10(14)7-4-3-5-9-12-6-8(11)13(7)9/h3-5,7-8,12H,2,6H2,1H3/t7-,8+/m1/s1. The first-order valence-corrected chi connectivity index (χ1v) is 5.87. The van der Waals surface area contributed by atoms with Crippen LogP contribution >= 0.6 is 15.9 Å². The molecule has 0 aromatic carbocycles. The van der Waals surface area contributed by atoms with E-state index in [1.807, 2.05) is 30.1 Å². The summed E-state index contributed by atoms with van der Waals surface area (Å²) in [7, 11) is 0. The molecule has 2 heterocycles. The molecule has 0 aliphatic carbocycles. The maximum atomic E-state index is 11.7.